The summed E-state index contributed by atoms with van der Waals surface area (Å²) < 4.78 is 2.52. The van der Waals surface area contributed by atoms with Crippen molar-refractivity contribution in [3.63, 3.8) is 0 Å². The van der Waals surface area contributed by atoms with Crippen molar-refractivity contribution >= 4 is 23.6 Å². The number of thiazole rings is 1. The Bertz CT molecular complexity index is 756. The topological polar surface area (TPSA) is 59.4 Å². The first-order valence-electron chi connectivity index (χ1n) is 6.10. The molecule has 5 nitrogen and oxygen atoms in total. The minimum absolute atomic E-state index is 0.384. The monoisotopic (exact) mass is 303 g/mol. The number of aromatic amines is 1. The van der Waals surface area contributed by atoms with E-state index in [1.54, 1.807) is 23.7 Å². The van der Waals surface area contributed by atoms with Crippen LogP contribution in [0.2, 0.25) is 0 Å². The van der Waals surface area contributed by atoms with E-state index in [1.807, 2.05) is 28.1 Å². The van der Waals surface area contributed by atoms with Gasteiger partial charge in [-0.15, -0.1) is 11.3 Å². The number of nitrogens with one attached hydrogen (secondary N) is 1. The van der Waals surface area contributed by atoms with Gasteiger partial charge in [-0.05, 0) is 38.2 Å². The van der Waals surface area contributed by atoms with E-state index in [0.29, 0.717) is 4.77 Å². The average Bonchev–Trinajstić information content (AvgIpc) is 3.09. The van der Waals surface area contributed by atoms with Crippen LogP contribution in [-0.4, -0.2) is 24.7 Å². The highest BCUT2D eigenvalue weighted by atomic mass is 32.1. The molecule has 1 N–H and O–H groups in total. The molecule has 0 fully saturated rings. The maximum absolute atomic E-state index is 5.39. The van der Waals surface area contributed by atoms with Gasteiger partial charge in [0.25, 0.3) is 0 Å². The van der Waals surface area contributed by atoms with E-state index >= 15 is 0 Å². The summed E-state index contributed by atoms with van der Waals surface area (Å²) in [7, 11) is 0. The summed E-state index contributed by atoms with van der Waals surface area (Å²) >= 11 is 6.99. The second-order valence-electron chi connectivity index (χ2n) is 4.80. The fraction of sp³-hybridized carbons (Fsp3) is 0.231. The quantitative estimate of drug-likeness (QED) is 0.755. The van der Waals surface area contributed by atoms with E-state index in [1.165, 1.54) is 0 Å². The zero-order valence-corrected chi connectivity index (χ0v) is 12.7. The number of pyridine rings is 1. The maximum atomic E-state index is 5.39. The molecule has 0 bridgehead atoms. The first-order chi connectivity index (χ1) is 9.60. The number of aromatic nitrogens is 5. The van der Waals surface area contributed by atoms with E-state index < -0.39 is 0 Å². The van der Waals surface area contributed by atoms with Gasteiger partial charge in [0.2, 0.25) is 0 Å². The fourth-order valence-electron chi connectivity index (χ4n) is 2.10. The second kappa shape index (κ2) is 4.92. The van der Waals surface area contributed by atoms with Crippen LogP contribution >= 0.6 is 23.6 Å². The Morgan fingerprint density at radius 2 is 2.10 bits per heavy atom. The van der Waals surface area contributed by atoms with Gasteiger partial charge in [-0.3, -0.25) is 14.6 Å². The third kappa shape index (κ3) is 2.08. The number of nitrogens with zero attached hydrogens (tertiary/aromatic N) is 4. The summed E-state index contributed by atoms with van der Waals surface area (Å²) in [6.45, 7) is 4.15. The van der Waals surface area contributed by atoms with E-state index in [9.17, 15) is 0 Å². The maximum Gasteiger partial charge on any atom is 0.196 e. The molecule has 0 atom stereocenters. The first kappa shape index (κ1) is 13.1. The Morgan fingerprint density at radius 1 is 1.25 bits per heavy atom. The first-order valence-corrected chi connectivity index (χ1v) is 7.39. The lowest BCUT2D eigenvalue weighted by Gasteiger charge is -2.25. The van der Waals surface area contributed by atoms with Crippen LogP contribution < -0.4 is 0 Å². The van der Waals surface area contributed by atoms with E-state index in [2.05, 4.69) is 34.0 Å². The molecule has 0 radical (unpaired) electrons. The van der Waals surface area contributed by atoms with Gasteiger partial charge >= 0.3 is 0 Å². The molecule has 0 aliphatic carbocycles. The van der Waals surface area contributed by atoms with Gasteiger partial charge < -0.3 is 0 Å². The van der Waals surface area contributed by atoms with Crippen molar-refractivity contribution in [2.24, 2.45) is 0 Å². The molecular weight excluding hydrogens is 290 g/mol. The highest BCUT2D eigenvalue weighted by Crippen LogP contribution is 2.31. The summed E-state index contributed by atoms with van der Waals surface area (Å²) in [6, 6.07) is 5.72. The average molecular weight is 303 g/mol. The normalized spacial score (nSPS) is 11.7. The lowest BCUT2D eigenvalue weighted by molar-refractivity contribution is 0.431. The highest BCUT2D eigenvalue weighted by molar-refractivity contribution is 7.71. The predicted molar refractivity (Wildman–Crippen MR) is 81.2 cm³/mol. The van der Waals surface area contributed by atoms with Crippen molar-refractivity contribution in [3.8, 4) is 11.5 Å². The molecule has 3 rings (SSSR count). The molecule has 0 aliphatic rings. The fourth-order valence-corrected chi connectivity index (χ4v) is 3.22. The van der Waals surface area contributed by atoms with Crippen LogP contribution in [0.25, 0.3) is 11.5 Å². The lowest BCUT2D eigenvalue weighted by atomic mass is 10.1. The van der Waals surface area contributed by atoms with Gasteiger partial charge in [0.1, 0.15) is 10.7 Å². The molecule has 0 saturated carbocycles. The van der Waals surface area contributed by atoms with Crippen LogP contribution in [0.5, 0.6) is 0 Å². The minimum Gasteiger partial charge on any atom is -0.287 e. The molecular formula is C13H13N5S2. The molecule has 0 saturated heterocycles. The molecule has 0 amide bonds. The van der Waals surface area contributed by atoms with Crippen LogP contribution in [0.4, 0.5) is 0 Å². The van der Waals surface area contributed by atoms with Gasteiger partial charge in [-0.1, -0.05) is 6.07 Å². The molecule has 102 valence electrons. The van der Waals surface area contributed by atoms with Crippen molar-refractivity contribution in [3.05, 3.63) is 45.8 Å². The van der Waals surface area contributed by atoms with Gasteiger partial charge in [0.05, 0.1) is 5.54 Å². The number of H-pyrrole nitrogens is 1. The van der Waals surface area contributed by atoms with E-state index in [4.69, 9.17) is 12.2 Å². The summed E-state index contributed by atoms with van der Waals surface area (Å²) in [5, 5.41) is 10.1. The van der Waals surface area contributed by atoms with Crippen LogP contribution in [0, 0.1) is 4.77 Å². The highest BCUT2D eigenvalue weighted by Gasteiger charge is 2.30. The molecule has 0 spiro atoms. The molecule has 3 heterocycles. The van der Waals surface area contributed by atoms with Gasteiger partial charge in [0, 0.05) is 17.8 Å². The van der Waals surface area contributed by atoms with Crippen molar-refractivity contribution in [2.45, 2.75) is 19.4 Å². The van der Waals surface area contributed by atoms with Crippen LogP contribution in [0.1, 0.15) is 18.9 Å². The number of hydrogen-bond donors (Lipinski definition) is 1. The van der Waals surface area contributed by atoms with Gasteiger partial charge in [-0.2, -0.15) is 5.10 Å². The second-order valence-corrected chi connectivity index (χ2v) is 6.08. The van der Waals surface area contributed by atoms with E-state index in [0.717, 1.165) is 16.5 Å². The molecule has 20 heavy (non-hydrogen) atoms. The zero-order chi connectivity index (χ0) is 14.2. The van der Waals surface area contributed by atoms with Crippen LogP contribution in [0.3, 0.4) is 0 Å². The molecule has 0 unspecified atom stereocenters. The van der Waals surface area contributed by atoms with Crippen molar-refractivity contribution in [1.82, 2.24) is 24.7 Å². The summed E-state index contributed by atoms with van der Waals surface area (Å²) in [5.74, 6) is 0.718. The smallest absolute Gasteiger partial charge is 0.196 e. The summed E-state index contributed by atoms with van der Waals surface area (Å²) in [6.07, 6.45) is 3.54. The number of rotatable bonds is 3. The molecule has 0 aliphatic heterocycles. The predicted octanol–water partition coefficient (Wildman–Crippen LogP) is 3.24. The standard InChI is InChI=1S/C13H13N5S2/c1-13(2,11-15-7-8-20-11)18-10(16-17-12(18)19)9-5-3-4-6-14-9/h3-8H,1-2H3,(H,17,19). The molecule has 7 heteroatoms. The number of hydrogen-bond acceptors (Lipinski definition) is 5. The Balaban J connectivity index is 2.21. The zero-order valence-electron chi connectivity index (χ0n) is 11.1. The Kier molecular flexibility index (Phi) is 3.23. The van der Waals surface area contributed by atoms with Crippen LogP contribution in [0.15, 0.2) is 36.0 Å². The Labute approximate surface area is 125 Å². The van der Waals surface area contributed by atoms with Gasteiger partial charge in [0.15, 0.2) is 10.6 Å². The molecule has 3 aromatic heterocycles. The molecule has 3 aromatic rings. The van der Waals surface area contributed by atoms with E-state index in [-0.39, 0.29) is 5.54 Å². The van der Waals surface area contributed by atoms with Crippen molar-refractivity contribution in [1.29, 1.82) is 0 Å². The van der Waals surface area contributed by atoms with Crippen LogP contribution in [-0.2, 0) is 5.54 Å². The molecule has 0 aromatic carbocycles. The summed E-state index contributed by atoms with van der Waals surface area (Å²) in [4.78, 5) is 8.76. The lowest BCUT2D eigenvalue weighted by Crippen LogP contribution is -2.28. The third-order valence-corrected chi connectivity index (χ3v) is 4.44. The minimum atomic E-state index is -0.384. The summed E-state index contributed by atoms with van der Waals surface area (Å²) in [5.41, 5.74) is 0.398. The van der Waals surface area contributed by atoms with Crippen molar-refractivity contribution in [2.75, 3.05) is 0 Å². The largest absolute Gasteiger partial charge is 0.287 e. The van der Waals surface area contributed by atoms with Gasteiger partial charge in [-0.25, -0.2) is 4.98 Å². The third-order valence-electron chi connectivity index (χ3n) is 3.08. The van der Waals surface area contributed by atoms with Crippen molar-refractivity contribution < 1.29 is 0 Å². The Morgan fingerprint density at radius 3 is 2.75 bits per heavy atom. The SMILES string of the molecule is CC(C)(c1nccs1)n1c(-c2ccccn2)n[nH]c1=S. The Hall–Kier alpha value is -1.86.